The lowest BCUT2D eigenvalue weighted by Gasteiger charge is -2.19. The summed E-state index contributed by atoms with van der Waals surface area (Å²) < 4.78 is 5.74. The number of carbonyl (C=O) groups is 3. The molecular weight excluding hydrogens is 422 g/mol. The normalized spacial score (nSPS) is 11.7. The Labute approximate surface area is 192 Å². The molecule has 0 saturated carbocycles. The van der Waals surface area contributed by atoms with E-state index in [0.29, 0.717) is 23.8 Å². The van der Waals surface area contributed by atoms with Gasteiger partial charge in [0, 0.05) is 25.4 Å². The minimum absolute atomic E-state index is 0.0820. The van der Waals surface area contributed by atoms with Gasteiger partial charge in [-0.25, -0.2) is 9.97 Å². The highest BCUT2D eigenvalue weighted by Crippen LogP contribution is 2.23. The molecule has 9 nitrogen and oxygen atoms in total. The van der Waals surface area contributed by atoms with Crippen LogP contribution in [0.3, 0.4) is 0 Å². The molecule has 2 heterocycles. The van der Waals surface area contributed by atoms with Crippen molar-refractivity contribution < 1.29 is 18.8 Å². The Morgan fingerprint density at radius 2 is 1.85 bits per heavy atom. The van der Waals surface area contributed by atoms with E-state index in [1.54, 1.807) is 31.3 Å². The average Bonchev–Trinajstić information content (AvgIpc) is 3.31. The molecule has 0 aliphatic carbocycles. The molecule has 1 aromatic carbocycles. The first-order valence-electron chi connectivity index (χ1n) is 10.6. The Bertz CT molecular complexity index is 1160. The molecule has 0 aliphatic heterocycles. The second-order valence-corrected chi connectivity index (χ2v) is 7.85. The van der Waals surface area contributed by atoms with Gasteiger partial charge in [-0.15, -0.1) is 0 Å². The summed E-state index contributed by atoms with van der Waals surface area (Å²) in [6.45, 7) is 5.72. The fourth-order valence-corrected chi connectivity index (χ4v) is 3.21. The number of nitrogens with zero attached hydrogens (tertiary/aromatic N) is 2. The van der Waals surface area contributed by atoms with Crippen LogP contribution in [-0.4, -0.2) is 40.8 Å². The summed E-state index contributed by atoms with van der Waals surface area (Å²) in [6.07, 6.45) is 1.54. The summed E-state index contributed by atoms with van der Waals surface area (Å²) in [5.41, 5.74) is 1.91. The highest BCUT2D eigenvalue weighted by Gasteiger charge is 2.25. The van der Waals surface area contributed by atoms with E-state index >= 15 is 0 Å². The van der Waals surface area contributed by atoms with Crippen LogP contribution in [0.4, 0.5) is 0 Å². The number of aromatic nitrogens is 2. The number of amides is 3. The van der Waals surface area contributed by atoms with Crippen molar-refractivity contribution in [3.63, 3.8) is 0 Å². The summed E-state index contributed by atoms with van der Waals surface area (Å²) in [7, 11) is 1.53. The molecule has 9 heteroatoms. The Morgan fingerprint density at radius 1 is 1.06 bits per heavy atom. The number of carbonyl (C=O) groups excluding carboxylic acids is 3. The third-order valence-corrected chi connectivity index (χ3v) is 4.99. The molecule has 172 valence electrons. The van der Waals surface area contributed by atoms with Gasteiger partial charge in [0.1, 0.15) is 23.3 Å². The second kappa shape index (κ2) is 10.5. The number of likely N-dealkylation sites (N-methyl/N-ethyl adjacent to an activating group) is 1. The standard InChI is InChI=1S/C24H27N5O4/c1-14(2)21(24(32)25-4)29-23(31)20-9-8-19(33-20)17-7-5-6-16(12-17)13-27-22(30)18-10-11-26-15(3)28-18/h5-12,14,21H,13H2,1-4H3,(H,25,32)(H,27,30)(H,29,31)/t21-/m0/s1. The third-order valence-electron chi connectivity index (χ3n) is 4.99. The first-order valence-corrected chi connectivity index (χ1v) is 10.6. The predicted molar refractivity (Wildman–Crippen MR) is 122 cm³/mol. The first kappa shape index (κ1) is 23.6. The lowest BCUT2D eigenvalue weighted by Crippen LogP contribution is -2.48. The Balaban J connectivity index is 1.67. The summed E-state index contributed by atoms with van der Waals surface area (Å²) in [5.74, 6) is 0.0276. The summed E-state index contributed by atoms with van der Waals surface area (Å²) >= 11 is 0. The van der Waals surface area contributed by atoms with E-state index in [9.17, 15) is 14.4 Å². The lowest BCUT2D eigenvalue weighted by atomic mass is 10.0. The molecule has 3 rings (SSSR count). The average molecular weight is 450 g/mol. The molecule has 1 atom stereocenters. The van der Waals surface area contributed by atoms with Crippen LogP contribution >= 0.6 is 0 Å². The molecular formula is C24H27N5O4. The van der Waals surface area contributed by atoms with E-state index in [-0.39, 0.29) is 23.5 Å². The van der Waals surface area contributed by atoms with Crippen LogP contribution in [0.25, 0.3) is 11.3 Å². The van der Waals surface area contributed by atoms with E-state index < -0.39 is 11.9 Å². The number of hydrogen-bond acceptors (Lipinski definition) is 6. The maximum Gasteiger partial charge on any atom is 0.287 e. The molecule has 0 fully saturated rings. The molecule has 3 N–H and O–H groups in total. The highest BCUT2D eigenvalue weighted by molar-refractivity contribution is 5.96. The van der Waals surface area contributed by atoms with E-state index in [1.807, 2.05) is 38.1 Å². The van der Waals surface area contributed by atoms with Gasteiger partial charge in [-0.2, -0.15) is 0 Å². The fraction of sp³-hybridized carbons (Fsp3) is 0.292. The van der Waals surface area contributed by atoms with Crippen molar-refractivity contribution >= 4 is 17.7 Å². The van der Waals surface area contributed by atoms with E-state index in [1.165, 1.54) is 7.05 Å². The zero-order chi connectivity index (χ0) is 24.0. The zero-order valence-electron chi connectivity index (χ0n) is 19.0. The molecule has 0 radical (unpaired) electrons. The van der Waals surface area contributed by atoms with Crippen molar-refractivity contribution in [2.45, 2.75) is 33.4 Å². The smallest absolute Gasteiger partial charge is 0.287 e. The van der Waals surface area contributed by atoms with Gasteiger partial charge in [-0.3, -0.25) is 14.4 Å². The van der Waals surface area contributed by atoms with Gasteiger partial charge in [0.2, 0.25) is 5.91 Å². The van der Waals surface area contributed by atoms with Gasteiger partial charge in [0.25, 0.3) is 11.8 Å². The molecule has 0 bridgehead atoms. The van der Waals surface area contributed by atoms with Crippen LogP contribution in [-0.2, 0) is 11.3 Å². The van der Waals surface area contributed by atoms with E-state index in [4.69, 9.17) is 4.42 Å². The number of hydrogen-bond donors (Lipinski definition) is 3. The first-order chi connectivity index (χ1) is 15.8. The number of aryl methyl sites for hydroxylation is 1. The minimum atomic E-state index is -0.665. The Morgan fingerprint density at radius 3 is 2.55 bits per heavy atom. The Hall–Kier alpha value is -4.01. The lowest BCUT2D eigenvalue weighted by molar-refractivity contribution is -0.123. The van der Waals surface area contributed by atoms with Crippen molar-refractivity contribution in [2.24, 2.45) is 5.92 Å². The van der Waals surface area contributed by atoms with Crippen LogP contribution < -0.4 is 16.0 Å². The predicted octanol–water partition coefficient (Wildman–Crippen LogP) is 2.48. The van der Waals surface area contributed by atoms with E-state index in [0.717, 1.165) is 11.1 Å². The molecule has 0 saturated heterocycles. The molecule has 0 spiro atoms. The van der Waals surface area contributed by atoms with Gasteiger partial charge < -0.3 is 20.4 Å². The van der Waals surface area contributed by atoms with Gasteiger partial charge in [-0.05, 0) is 42.7 Å². The summed E-state index contributed by atoms with van der Waals surface area (Å²) in [4.78, 5) is 45.0. The van der Waals surface area contributed by atoms with Crippen molar-refractivity contribution in [2.75, 3.05) is 7.05 Å². The summed E-state index contributed by atoms with van der Waals surface area (Å²) in [5, 5.41) is 8.09. The maximum absolute atomic E-state index is 12.6. The topological polar surface area (TPSA) is 126 Å². The number of nitrogens with one attached hydrogen (secondary N) is 3. The summed E-state index contributed by atoms with van der Waals surface area (Å²) in [6, 6.07) is 11.6. The van der Waals surface area contributed by atoms with Gasteiger partial charge in [0.15, 0.2) is 5.76 Å². The number of rotatable bonds is 8. The van der Waals surface area contributed by atoms with E-state index in [2.05, 4.69) is 25.9 Å². The number of furan rings is 1. The largest absolute Gasteiger partial charge is 0.451 e. The fourth-order valence-electron chi connectivity index (χ4n) is 3.21. The van der Waals surface area contributed by atoms with Crippen LogP contribution in [0.2, 0.25) is 0 Å². The Kier molecular flexibility index (Phi) is 7.55. The molecule has 3 amide bonds. The minimum Gasteiger partial charge on any atom is -0.451 e. The van der Waals surface area contributed by atoms with Crippen molar-refractivity contribution in [1.82, 2.24) is 25.9 Å². The zero-order valence-corrected chi connectivity index (χ0v) is 19.0. The molecule has 0 aliphatic rings. The second-order valence-electron chi connectivity index (χ2n) is 7.85. The van der Waals surface area contributed by atoms with Gasteiger partial charge >= 0.3 is 0 Å². The maximum atomic E-state index is 12.6. The van der Waals surface area contributed by atoms with Crippen LogP contribution in [0, 0.1) is 12.8 Å². The molecule has 3 aromatic rings. The van der Waals surface area contributed by atoms with Gasteiger partial charge in [-0.1, -0.05) is 32.0 Å². The van der Waals surface area contributed by atoms with Crippen LogP contribution in [0.15, 0.2) is 53.1 Å². The highest BCUT2D eigenvalue weighted by atomic mass is 16.4. The third kappa shape index (κ3) is 6.03. The number of benzene rings is 1. The van der Waals surface area contributed by atoms with Crippen molar-refractivity contribution in [3.05, 3.63) is 71.5 Å². The monoisotopic (exact) mass is 449 g/mol. The molecule has 2 aromatic heterocycles. The van der Waals surface area contributed by atoms with Crippen molar-refractivity contribution in [3.8, 4) is 11.3 Å². The van der Waals surface area contributed by atoms with Gasteiger partial charge in [0.05, 0.1) is 0 Å². The quantitative estimate of drug-likeness (QED) is 0.485. The SMILES string of the molecule is CNC(=O)[C@@H](NC(=O)c1ccc(-c2cccc(CNC(=O)c3ccnc(C)n3)c2)o1)C(C)C. The van der Waals surface area contributed by atoms with Crippen LogP contribution in [0.1, 0.15) is 46.3 Å². The molecule has 33 heavy (non-hydrogen) atoms. The van der Waals surface area contributed by atoms with Crippen molar-refractivity contribution in [1.29, 1.82) is 0 Å². The van der Waals surface area contributed by atoms with Crippen LogP contribution in [0.5, 0.6) is 0 Å². The molecule has 0 unspecified atom stereocenters.